The molecule has 4 heteroatoms. The van der Waals surface area contributed by atoms with E-state index >= 15 is 0 Å². The van der Waals surface area contributed by atoms with E-state index in [-0.39, 0.29) is 5.78 Å². The number of hydrogen-bond donors (Lipinski definition) is 0. The molecule has 2 rings (SSSR count). The average Bonchev–Trinajstić information content (AvgIpc) is 2.72. The van der Waals surface area contributed by atoms with Gasteiger partial charge < -0.3 is 9.64 Å². The molecule has 0 radical (unpaired) electrons. The van der Waals surface area contributed by atoms with Gasteiger partial charge in [-0.05, 0) is 31.2 Å². The number of anilines is 1. The molecule has 0 bridgehead atoms. The second-order valence-electron chi connectivity index (χ2n) is 3.96. The van der Waals surface area contributed by atoms with Crippen molar-refractivity contribution >= 4 is 11.5 Å². The zero-order valence-corrected chi connectivity index (χ0v) is 9.72. The zero-order chi connectivity index (χ0) is 12.3. The summed E-state index contributed by atoms with van der Waals surface area (Å²) in [4.78, 5) is 13.4. The average molecular weight is 230 g/mol. The van der Waals surface area contributed by atoms with Crippen LogP contribution in [0.2, 0.25) is 0 Å². The van der Waals surface area contributed by atoms with Crippen LogP contribution in [-0.4, -0.2) is 25.5 Å². The Morgan fingerprint density at radius 3 is 2.71 bits per heavy atom. The molecule has 88 valence electrons. The lowest BCUT2D eigenvalue weighted by Gasteiger charge is -2.16. The van der Waals surface area contributed by atoms with Gasteiger partial charge in [0.15, 0.2) is 5.78 Å². The number of benzene rings is 1. The molecule has 0 spiro atoms. The van der Waals surface area contributed by atoms with E-state index in [0.29, 0.717) is 19.7 Å². The van der Waals surface area contributed by atoms with Crippen molar-refractivity contribution in [2.75, 3.05) is 24.6 Å². The van der Waals surface area contributed by atoms with Crippen molar-refractivity contribution in [2.45, 2.75) is 6.92 Å². The van der Waals surface area contributed by atoms with E-state index in [1.807, 2.05) is 42.2 Å². The fourth-order valence-electron chi connectivity index (χ4n) is 1.91. The van der Waals surface area contributed by atoms with E-state index in [1.165, 1.54) is 0 Å². The molecule has 1 heterocycles. The molecule has 0 aromatic heterocycles. The predicted molar refractivity (Wildman–Crippen MR) is 63.9 cm³/mol. The maximum atomic E-state index is 11.5. The molecule has 1 aromatic rings. The number of nitrogens with zero attached hydrogens (tertiary/aromatic N) is 2. The molecule has 0 aliphatic carbocycles. The van der Waals surface area contributed by atoms with Crippen LogP contribution in [0.1, 0.15) is 6.92 Å². The van der Waals surface area contributed by atoms with Gasteiger partial charge >= 0.3 is 0 Å². The van der Waals surface area contributed by atoms with E-state index in [1.54, 1.807) is 0 Å². The molecule has 1 saturated heterocycles. The molecule has 0 unspecified atom stereocenters. The van der Waals surface area contributed by atoms with Gasteiger partial charge in [0, 0.05) is 12.2 Å². The molecule has 1 aromatic carbocycles. The molecular weight excluding hydrogens is 216 g/mol. The van der Waals surface area contributed by atoms with Crippen molar-refractivity contribution in [3.8, 4) is 11.8 Å². The van der Waals surface area contributed by atoms with Crippen LogP contribution in [0.25, 0.3) is 0 Å². The van der Waals surface area contributed by atoms with Gasteiger partial charge in [0.05, 0.1) is 19.2 Å². The lowest BCUT2D eigenvalue weighted by atomic mass is 10.1. The molecule has 0 saturated carbocycles. The highest BCUT2D eigenvalue weighted by atomic mass is 16.5. The number of hydrogen-bond acceptors (Lipinski definition) is 4. The summed E-state index contributed by atoms with van der Waals surface area (Å²) in [6.07, 6.45) is 0. The monoisotopic (exact) mass is 230 g/mol. The second kappa shape index (κ2) is 4.88. The van der Waals surface area contributed by atoms with Gasteiger partial charge in [-0.2, -0.15) is 5.26 Å². The number of ether oxygens (including phenoxy) is 1. The summed E-state index contributed by atoms with van der Waals surface area (Å²) in [5.74, 6) is 0.335. The molecule has 1 fully saturated rings. The van der Waals surface area contributed by atoms with Crippen molar-refractivity contribution < 1.29 is 9.53 Å². The minimum atomic E-state index is -0.485. The van der Waals surface area contributed by atoms with E-state index in [9.17, 15) is 4.79 Å². The largest absolute Gasteiger partial charge is 0.494 e. The highest BCUT2D eigenvalue weighted by Crippen LogP contribution is 2.23. The fraction of sp³-hybridized carbons (Fsp3) is 0.385. The zero-order valence-electron chi connectivity index (χ0n) is 9.72. The summed E-state index contributed by atoms with van der Waals surface area (Å²) in [6, 6.07) is 9.61. The summed E-state index contributed by atoms with van der Waals surface area (Å²) in [6.45, 7) is 3.39. The SMILES string of the molecule is CCOc1ccc(N2CC(=O)[C@H](C#N)C2)cc1. The van der Waals surface area contributed by atoms with Crippen LogP contribution in [0.3, 0.4) is 0 Å². The van der Waals surface area contributed by atoms with Gasteiger partial charge in [0.2, 0.25) is 0 Å². The Balaban J connectivity index is 2.09. The Hall–Kier alpha value is -2.02. The Labute approximate surface area is 100 Å². The van der Waals surface area contributed by atoms with Gasteiger partial charge in [-0.1, -0.05) is 0 Å². The summed E-state index contributed by atoms with van der Waals surface area (Å²) in [7, 11) is 0. The molecule has 4 nitrogen and oxygen atoms in total. The van der Waals surface area contributed by atoms with Gasteiger partial charge in [-0.15, -0.1) is 0 Å². The third-order valence-corrected chi connectivity index (χ3v) is 2.81. The maximum Gasteiger partial charge on any atom is 0.170 e. The number of Topliss-reactive ketones (excluding diaryl/α,β-unsaturated/α-hetero) is 1. The van der Waals surface area contributed by atoms with Gasteiger partial charge in [-0.25, -0.2) is 0 Å². The van der Waals surface area contributed by atoms with Crippen LogP contribution in [0, 0.1) is 17.2 Å². The molecule has 1 aliphatic heterocycles. The normalized spacial score (nSPS) is 19.2. The van der Waals surface area contributed by atoms with Crippen LogP contribution >= 0.6 is 0 Å². The molecule has 17 heavy (non-hydrogen) atoms. The first-order valence-corrected chi connectivity index (χ1v) is 5.64. The Morgan fingerprint density at radius 2 is 2.18 bits per heavy atom. The van der Waals surface area contributed by atoms with Gasteiger partial charge in [0.25, 0.3) is 0 Å². The summed E-state index contributed by atoms with van der Waals surface area (Å²) >= 11 is 0. The minimum Gasteiger partial charge on any atom is -0.494 e. The van der Waals surface area contributed by atoms with E-state index in [0.717, 1.165) is 11.4 Å². The van der Waals surface area contributed by atoms with Crippen LogP contribution in [0.4, 0.5) is 5.69 Å². The smallest absolute Gasteiger partial charge is 0.170 e. The van der Waals surface area contributed by atoms with Crippen LogP contribution in [-0.2, 0) is 4.79 Å². The van der Waals surface area contributed by atoms with Crippen molar-refractivity contribution in [1.82, 2.24) is 0 Å². The van der Waals surface area contributed by atoms with Crippen molar-refractivity contribution in [1.29, 1.82) is 5.26 Å². The highest BCUT2D eigenvalue weighted by molar-refractivity contribution is 5.91. The van der Waals surface area contributed by atoms with Gasteiger partial charge in [-0.3, -0.25) is 4.79 Å². The minimum absolute atomic E-state index is 0.00128. The van der Waals surface area contributed by atoms with E-state index in [4.69, 9.17) is 10.00 Å². The maximum absolute atomic E-state index is 11.5. The van der Waals surface area contributed by atoms with Crippen molar-refractivity contribution in [3.05, 3.63) is 24.3 Å². The first-order valence-electron chi connectivity index (χ1n) is 5.64. The fourth-order valence-corrected chi connectivity index (χ4v) is 1.91. The second-order valence-corrected chi connectivity index (χ2v) is 3.96. The van der Waals surface area contributed by atoms with Crippen molar-refractivity contribution in [2.24, 2.45) is 5.92 Å². The van der Waals surface area contributed by atoms with Crippen LogP contribution in [0.15, 0.2) is 24.3 Å². The topological polar surface area (TPSA) is 53.3 Å². The van der Waals surface area contributed by atoms with Crippen LogP contribution < -0.4 is 9.64 Å². The molecule has 0 amide bonds. The number of nitriles is 1. The van der Waals surface area contributed by atoms with Crippen LogP contribution in [0.5, 0.6) is 5.75 Å². The summed E-state index contributed by atoms with van der Waals surface area (Å²) in [5.41, 5.74) is 0.958. The van der Waals surface area contributed by atoms with Crippen molar-refractivity contribution in [3.63, 3.8) is 0 Å². The Kier molecular flexibility index (Phi) is 3.29. The first kappa shape index (κ1) is 11.5. The third-order valence-electron chi connectivity index (χ3n) is 2.81. The van der Waals surface area contributed by atoms with E-state index < -0.39 is 5.92 Å². The lowest BCUT2D eigenvalue weighted by Crippen LogP contribution is -2.19. The quantitative estimate of drug-likeness (QED) is 0.791. The summed E-state index contributed by atoms with van der Waals surface area (Å²) in [5, 5.41) is 8.80. The Morgan fingerprint density at radius 1 is 1.47 bits per heavy atom. The lowest BCUT2D eigenvalue weighted by molar-refractivity contribution is -0.118. The molecule has 1 atom stereocenters. The number of ketones is 1. The first-order chi connectivity index (χ1) is 8.24. The molecule has 1 aliphatic rings. The molecular formula is C13H14N2O2. The summed E-state index contributed by atoms with van der Waals surface area (Å²) < 4.78 is 5.35. The Bertz CT molecular complexity index is 447. The third kappa shape index (κ3) is 2.39. The van der Waals surface area contributed by atoms with Gasteiger partial charge in [0.1, 0.15) is 11.7 Å². The van der Waals surface area contributed by atoms with E-state index in [2.05, 4.69) is 0 Å². The molecule has 0 N–H and O–H groups in total. The predicted octanol–water partition coefficient (Wildman–Crippen LogP) is 1.61. The standard InChI is InChI=1S/C13H14N2O2/c1-2-17-12-5-3-11(4-6-12)15-8-10(7-14)13(16)9-15/h3-6,10H,2,8-9H2,1H3/t10-/m1/s1. The number of rotatable bonds is 3. The highest BCUT2D eigenvalue weighted by Gasteiger charge is 2.30. The number of carbonyl (C=O) groups excluding carboxylic acids is 1. The number of carbonyl (C=O) groups is 1.